The second-order valence-electron chi connectivity index (χ2n) is 7.39. The van der Waals surface area contributed by atoms with Gasteiger partial charge >= 0.3 is 0 Å². The van der Waals surface area contributed by atoms with Gasteiger partial charge in [-0.05, 0) is 72.8 Å². The Labute approximate surface area is 200 Å². The molecule has 0 bridgehead atoms. The molecular formula is C24H21N7O4. The fourth-order valence-electron chi connectivity index (χ4n) is 3.06. The minimum atomic E-state index is -0.439. The molecule has 5 N–H and O–H groups in total. The predicted molar refractivity (Wildman–Crippen MR) is 137 cm³/mol. The van der Waals surface area contributed by atoms with Gasteiger partial charge in [-0.2, -0.15) is 0 Å². The summed E-state index contributed by atoms with van der Waals surface area (Å²) in [6.07, 6.45) is 0. The van der Waals surface area contributed by atoms with E-state index in [-0.39, 0.29) is 11.4 Å². The van der Waals surface area contributed by atoms with Crippen LogP contribution in [-0.4, -0.2) is 9.85 Å². The summed E-state index contributed by atoms with van der Waals surface area (Å²) in [6.45, 7) is 0. The number of rotatable bonds is 10. The van der Waals surface area contributed by atoms with Gasteiger partial charge in [0, 0.05) is 35.6 Å². The van der Waals surface area contributed by atoms with Gasteiger partial charge in [0.1, 0.15) is 0 Å². The summed E-state index contributed by atoms with van der Waals surface area (Å²) in [5.41, 5.74) is 17.0. The molecule has 0 aliphatic carbocycles. The Morgan fingerprint density at radius 1 is 0.400 bits per heavy atom. The summed E-state index contributed by atoms with van der Waals surface area (Å²) in [6, 6.07) is 27.5. The molecule has 0 unspecified atom stereocenters. The van der Waals surface area contributed by atoms with Crippen LogP contribution in [0.1, 0.15) is 0 Å². The average molecular weight is 471 g/mol. The molecule has 4 aromatic rings. The maximum absolute atomic E-state index is 10.7. The van der Waals surface area contributed by atoms with E-state index in [1.807, 2.05) is 48.5 Å². The first kappa shape index (κ1) is 22.9. The Balaban J connectivity index is 1.26. The van der Waals surface area contributed by atoms with Gasteiger partial charge in [0.25, 0.3) is 11.4 Å². The van der Waals surface area contributed by atoms with Crippen LogP contribution in [0.3, 0.4) is 0 Å². The number of nitro benzene ring substituents is 2. The van der Waals surface area contributed by atoms with Gasteiger partial charge in [-0.1, -0.05) is 0 Å². The molecule has 0 spiro atoms. The van der Waals surface area contributed by atoms with E-state index in [0.29, 0.717) is 11.4 Å². The summed E-state index contributed by atoms with van der Waals surface area (Å²) in [5.74, 6) is 0. The van der Waals surface area contributed by atoms with Crippen molar-refractivity contribution in [3.8, 4) is 0 Å². The Bertz CT molecular complexity index is 1190. The lowest BCUT2D eigenvalue weighted by atomic mass is 10.2. The SMILES string of the molecule is O=[N+]([O-])c1ccc(NNc2ccc(Nc3ccc(NNc4ccc([N+](=O)[O-])cc4)cc3)cc2)cc1. The predicted octanol–water partition coefficient (Wildman–Crippen LogP) is 6.12. The van der Waals surface area contributed by atoms with Crippen molar-refractivity contribution in [2.75, 3.05) is 27.0 Å². The molecule has 0 aliphatic heterocycles. The topological polar surface area (TPSA) is 146 Å². The van der Waals surface area contributed by atoms with E-state index < -0.39 is 9.85 Å². The second-order valence-corrected chi connectivity index (χ2v) is 7.39. The molecule has 176 valence electrons. The van der Waals surface area contributed by atoms with E-state index in [9.17, 15) is 20.2 Å². The molecule has 0 fully saturated rings. The van der Waals surface area contributed by atoms with Gasteiger partial charge in [-0.15, -0.1) is 0 Å². The summed E-state index contributed by atoms with van der Waals surface area (Å²) < 4.78 is 0. The van der Waals surface area contributed by atoms with E-state index >= 15 is 0 Å². The fraction of sp³-hybridized carbons (Fsp3) is 0. The highest BCUT2D eigenvalue weighted by Gasteiger charge is 2.05. The van der Waals surface area contributed by atoms with E-state index in [1.54, 1.807) is 24.3 Å². The largest absolute Gasteiger partial charge is 0.356 e. The van der Waals surface area contributed by atoms with E-state index in [1.165, 1.54) is 24.3 Å². The van der Waals surface area contributed by atoms with Crippen LogP contribution in [0.4, 0.5) is 45.5 Å². The Kier molecular flexibility index (Phi) is 6.88. The van der Waals surface area contributed by atoms with Crippen molar-refractivity contribution in [3.05, 3.63) is 117 Å². The highest BCUT2D eigenvalue weighted by atomic mass is 16.6. The van der Waals surface area contributed by atoms with Crippen LogP contribution in [0.5, 0.6) is 0 Å². The smallest absolute Gasteiger partial charge is 0.269 e. The van der Waals surface area contributed by atoms with E-state index in [2.05, 4.69) is 27.0 Å². The summed E-state index contributed by atoms with van der Waals surface area (Å²) in [5, 5.41) is 24.8. The van der Waals surface area contributed by atoms with Crippen molar-refractivity contribution in [3.63, 3.8) is 0 Å². The van der Waals surface area contributed by atoms with Crippen molar-refractivity contribution >= 4 is 45.5 Å². The molecule has 4 rings (SSSR count). The molecule has 0 aromatic heterocycles. The third kappa shape index (κ3) is 6.35. The molecular weight excluding hydrogens is 450 g/mol. The number of non-ortho nitro benzene ring substituents is 2. The molecule has 0 heterocycles. The van der Waals surface area contributed by atoms with Crippen molar-refractivity contribution < 1.29 is 9.85 Å². The number of hydrazine groups is 2. The first-order valence-corrected chi connectivity index (χ1v) is 10.5. The van der Waals surface area contributed by atoms with Crippen LogP contribution in [0.2, 0.25) is 0 Å². The van der Waals surface area contributed by atoms with Gasteiger partial charge in [-0.3, -0.25) is 20.2 Å². The summed E-state index contributed by atoms with van der Waals surface area (Å²) in [7, 11) is 0. The molecule has 0 atom stereocenters. The molecule has 0 aliphatic rings. The maximum atomic E-state index is 10.7. The van der Waals surface area contributed by atoms with Crippen LogP contribution in [0, 0.1) is 20.2 Å². The first-order valence-electron chi connectivity index (χ1n) is 10.5. The zero-order valence-electron chi connectivity index (χ0n) is 18.3. The Morgan fingerprint density at radius 2 is 0.629 bits per heavy atom. The van der Waals surface area contributed by atoms with Gasteiger partial charge < -0.3 is 27.0 Å². The van der Waals surface area contributed by atoms with Crippen molar-refractivity contribution in [1.82, 2.24) is 0 Å². The third-order valence-corrected chi connectivity index (χ3v) is 4.92. The van der Waals surface area contributed by atoms with Crippen molar-refractivity contribution in [2.24, 2.45) is 0 Å². The molecule has 0 saturated carbocycles. The lowest BCUT2D eigenvalue weighted by Crippen LogP contribution is -2.08. The fourth-order valence-corrected chi connectivity index (χ4v) is 3.06. The minimum absolute atomic E-state index is 0.0375. The monoisotopic (exact) mass is 471 g/mol. The van der Waals surface area contributed by atoms with Crippen molar-refractivity contribution in [1.29, 1.82) is 0 Å². The molecule has 0 radical (unpaired) electrons. The molecule has 35 heavy (non-hydrogen) atoms. The quantitative estimate of drug-likeness (QED) is 0.136. The number of nitro groups is 2. The van der Waals surface area contributed by atoms with Crippen LogP contribution < -0.4 is 27.0 Å². The van der Waals surface area contributed by atoms with Gasteiger partial charge in [0.15, 0.2) is 0 Å². The molecule has 0 saturated heterocycles. The Hall–Kier alpha value is -5.32. The van der Waals surface area contributed by atoms with Crippen LogP contribution in [0.15, 0.2) is 97.1 Å². The lowest BCUT2D eigenvalue weighted by molar-refractivity contribution is -0.385. The zero-order chi connectivity index (χ0) is 24.6. The minimum Gasteiger partial charge on any atom is -0.356 e. The van der Waals surface area contributed by atoms with Gasteiger partial charge in [0.2, 0.25) is 0 Å². The Morgan fingerprint density at radius 3 is 0.886 bits per heavy atom. The number of nitrogens with one attached hydrogen (secondary N) is 5. The van der Waals surface area contributed by atoms with Crippen LogP contribution in [0.25, 0.3) is 0 Å². The maximum Gasteiger partial charge on any atom is 0.269 e. The number of benzene rings is 4. The third-order valence-electron chi connectivity index (χ3n) is 4.92. The first-order chi connectivity index (χ1) is 17.0. The number of hydrogen-bond acceptors (Lipinski definition) is 9. The number of hydrogen-bond donors (Lipinski definition) is 5. The molecule has 11 heteroatoms. The standard InChI is InChI=1S/C24H21N7O4/c32-30(33)23-13-9-21(10-14-23)28-26-19-5-1-17(2-6-19)25-18-3-7-20(8-4-18)27-29-22-11-15-24(16-12-22)31(34)35/h1-16,25-29H. The highest BCUT2D eigenvalue weighted by Crippen LogP contribution is 2.22. The van der Waals surface area contributed by atoms with Gasteiger partial charge in [0.05, 0.1) is 32.6 Å². The number of nitrogens with zero attached hydrogens (tertiary/aromatic N) is 2. The van der Waals surface area contributed by atoms with E-state index in [4.69, 9.17) is 0 Å². The molecule has 11 nitrogen and oxygen atoms in total. The van der Waals surface area contributed by atoms with Crippen LogP contribution >= 0.6 is 0 Å². The summed E-state index contributed by atoms with van der Waals surface area (Å²) >= 11 is 0. The average Bonchev–Trinajstić information content (AvgIpc) is 2.88. The number of anilines is 6. The highest BCUT2D eigenvalue weighted by molar-refractivity contribution is 5.66. The van der Waals surface area contributed by atoms with Crippen LogP contribution in [-0.2, 0) is 0 Å². The van der Waals surface area contributed by atoms with Crippen molar-refractivity contribution in [2.45, 2.75) is 0 Å². The van der Waals surface area contributed by atoms with Gasteiger partial charge in [-0.25, -0.2) is 0 Å². The lowest BCUT2D eigenvalue weighted by Gasteiger charge is -2.12. The molecule has 0 amide bonds. The van der Waals surface area contributed by atoms with E-state index in [0.717, 1.165) is 22.7 Å². The zero-order valence-corrected chi connectivity index (χ0v) is 18.3. The normalized spacial score (nSPS) is 10.2. The summed E-state index contributed by atoms with van der Waals surface area (Å²) in [4.78, 5) is 20.6. The molecule has 4 aromatic carbocycles. The second kappa shape index (κ2) is 10.5.